The van der Waals surface area contributed by atoms with Gasteiger partial charge in [-0.15, -0.1) is 0 Å². The quantitative estimate of drug-likeness (QED) is 0.795. The lowest BCUT2D eigenvalue weighted by atomic mass is 9.81. The zero-order chi connectivity index (χ0) is 10.8. The van der Waals surface area contributed by atoms with E-state index in [9.17, 15) is 0 Å². The molecule has 0 saturated heterocycles. The molecule has 0 spiro atoms. The second kappa shape index (κ2) is 4.13. The van der Waals surface area contributed by atoms with E-state index in [0.29, 0.717) is 0 Å². The summed E-state index contributed by atoms with van der Waals surface area (Å²) in [6, 6.07) is 0.175. The number of nitrogens with two attached hydrogens (primary N) is 1. The Balaban J connectivity index is 2.66. The maximum Gasteiger partial charge on any atom is 0.109 e. The van der Waals surface area contributed by atoms with E-state index in [1.165, 1.54) is 0 Å². The predicted octanol–water partition coefficient (Wildman–Crippen LogP) is 1.73. The van der Waals surface area contributed by atoms with E-state index >= 15 is 0 Å². The van der Waals surface area contributed by atoms with Crippen LogP contribution in [0, 0.1) is 5.41 Å². The van der Waals surface area contributed by atoms with Crippen LogP contribution in [0.3, 0.4) is 0 Å². The molecular formula is C11H21N3. The van der Waals surface area contributed by atoms with E-state index in [1.807, 2.05) is 24.0 Å². The molecule has 0 aromatic carbocycles. The molecule has 1 heterocycles. The maximum atomic E-state index is 6.17. The van der Waals surface area contributed by atoms with Crippen molar-refractivity contribution in [1.82, 2.24) is 9.55 Å². The molecule has 0 amide bonds. The van der Waals surface area contributed by atoms with Gasteiger partial charge in [0.1, 0.15) is 5.82 Å². The summed E-state index contributed by atoms with van der Waals surface area (Å²) in [4.78, 5) is 4.29. The molecule has 0 fully saturated rings. The molecule has 3 heteroatoms. The number of aromatic nitrogens is 2. The first-order valence-corrected chi connectivity index (χ1v) is 5.19. The molecule has 0 bridgehead atoms. The highest BCUT2D eigenvalue weighted by atomic mass is 15.0. The van der Waals surface area contributed by atoms with E-state index < -0.39 is 0 Å². The fraction of sp³-hybridized carbons (Fsp3) is 0.727. The fourth-order valence-corrected chi connectivity index (χ4v) is 1.33. The fourth-order valence-electron chi connectivity index (χ4n) is 1.33. The molecule has 3 nitrogen and oxygen atoms in total. The van der Waals surface area contributed by atoms with Crippen LogP contribution < -0.4 is 5.73 Å². The highest BCUT2D eigenvalue weighted by Gasteiger charge is 2.25. The number of imidazole rings is 1. The van der Waals surface area contributed by atoms with Crippen molar-refractivity contribution in [3.63, 3.8) is 0 Å². The summed E-state index contributed by atoms with van der Waals surface area (Å²) in [6.45, 7) is 6.60. The zero-order valence-electron chi connectivity index (χ0n) is 9.62. The van der Waals surface area contributed by atoms with Crippen LogP contribution in [0.4, 0.5) is 0 Å². The average Bonchev–Trinajstić information content (AvgIpc) is 2.52. The summed E-state index contributed by atoms with van der Waals surface area (Å²) in [5.41, 5.74) is 6.36. The van der Waals surface area contributed by atoms with Crippen LogP contribution in [0.25, 0.3) is 0 Å². The molecule has 80 valence electrons. The van der Waals surface area contributed by atoms with Gasteiger partial charge in [0.2, 0.25) is 0 Å². The van der Waals surface area contributed by atoms with Crippen molar-refractivity contribution in [3.05, 3.63) is 18.2 Å². The van der Waals surface area contributed by atoms with Crippen molar-refractivity contribution in [2.75, 3.05) is 0 Å². The molecule has 1 aromatic rings. The van der Waals surface area contributed by atoms with Gasteiger partial charge in [0.25, 0.3) is 0 Å². The van der Waals surface area contributed by atoms with Crippen LogP contribution in [0.1, 0.15) is 33.0 Å². The molecule has 0 aliphatic rings. The summed E-state index contributed by atoms with van der Waals surface area (Å²) >= 11 is 0. The monoisotopic (exact) mass is 195 g/mol. The second-order valence-corrected chi connectivity index (χ2v) is 4.61. The Morgan fingerprint density at radius 1 is 1.57 bits per heavy atom. The van der Waals surface area contributed by atoms with Gasteiger partial charge in [0, 0.05) is 31.9 Å². The number of nitrogens with zero attached hydrogens (tertiary/aromatic N) is 2. The van der Waals surface area contributed by atoms with Gasteiger partial charge in [-0.3, -0.25) is 0 Å². The first-order valence-electron chi connectivity index (χ1n) is 5.19. The normalized spacial score (nSPS) is 14.4. The molecule has 0 aliphatic heterocycles. The Morgan fingerprint density at radius 3 is 2.64 bits per heavy atom. The molecule has 1 rings (SSSR count). The van der Waals surface area contributed by atoms with Crippen LogP contribution >= 0.6 is 0 Å². The van der Waals surface area contributed by atoms with Crippen molar-refractivity contribution in [3.8, 4) is 0 Å². The summed E-state index contributed by atoms with van der Waals surface area (Å²) in [6.07, 6.45) is 5.73. The summed E-state index contributed by atoms with van der Waals surface area (Å²) in [5.74, 6) is 1.07. The van der Waals surface area contributed by atoms with E-state index in [2.05, 4.69) is 25.8 Å². The number of aryl methyl sites for hydroxylation is 1. The first kappa shape index (κ1) is 11.2. The van der Waals surface area contributed by atoms with Crippen molar-refractivity contribution < 1.29 is 0 Å². The van der Waals surface area contributed by atoms with Gasteiger partial charge in [-0.1, -0.05) is 20.8 Å². The lowest BCUT2D eigenvalue weighted by molar-refractivity contribution is 0.269. The minimum atomic E-state index is 0.175. The minimum absolute atomic E-state index is 0.175. The molecule has 1 atom stereocenters. The van der Waals surface area contributed by atoms with Crippen molar-refractivity contribution in [2.45, 2.75) is 39.7 Å². The van der Waals surface area contributed by atoms with E-state index in [1.54, 1.807) is 0 Å². The summed E-state index contributed by atoms with van der Waals surface area (Å²) in [5, 5.41) is 0. The summed E-state index contributed by atoms with van der Waals surface area (Å²) in [7, 11) is 2.01. The Bertz CT molecular complexity index is 288. The molecular weight excluding hydrogens is 174 g/mol. The molecule has 1 aromatic heterocycles. The first-order chi connectivity index (χ1) is 6.47. The smallest absolute Gasteiger partial charge is 0.109 e. The van der Waals surface area contributed by atoms with E-state index in [4.69, 9.17) is 5.73 Å². The third-order valence-corrected chi connectivity index (χ3v) is 3.24. The predicted molar refractivity (Wildman–Crippen MR) is 59.0 cm³/mol. The van der Waals surface area contributed by atoms with E-state index in [-0.39, 0.29) is 11.5 Å². The van der Waals surface area contributed by atoms with Gasteiger partial charge in [-0.25, -0.2) is 4.98 Å². The Morgan fingerprint density at radius 2 is 2.21 bits per heavy atom. The third kappa shape index (κ3) is 2.35. The van der Waals surface area contributed by atoms with Crippen molar-refractivity contribution in [1.29, 1.82) is 0 Å². The Hall–Kier alpha value is -0.830. The highest BCUT2D eigenvalue weighted by Crippen LogP contribution is 2.25. The standard InChI is InChI=1S/C11H21N3/c1-5-11(2,3)9(12)8-10-13-6-7-14(10)4/h6-7,9H,5,8,12H2,1-4H3. The highest BCUT2D eigenvalue weighted by molar-refractivity contribution is 4.97. The van der Waals surface area contributed by atoms with Crippen molar-refractivity contribution in [2.24, 2.45) is 18.2 Å². The van der Waals surface area contributed by atoms with Gasteiger partial charge in [0.15, 0.2) is 0 Å². The van der Waals surface area contributed by atoms with Gasteiger partial charge < -0.3 is 10.3 Å². The maximum absolute atomic E-state index is 6.17. The molecule has 14 heavy (non-hydrogen) atoms. The molecule has 0 saturated carbocycles. The lowest BCUT2D eigenvalue weighted by Crippen LogP contribution is -2.39. The number of hydrogen-bond acceptors (Lipinski definition) is 2. The number of hydrogen-bond donors (Lipinski definition) is 1. The van der Waals surface area contributed by atoms with Gasteiger partial charge in [-0.05, 0) is 11.8 Å². The molecule has 2 N–H and O–H groups in total. The Kier molecular flexibility index (Phi) is 3.32. The zero-order valence-corrected chi connectivity index (χ0v) is 9.62. The van der Waals surface area contributed by atoms with Crippen LogP contribution in [0.2, 0.25) is 0 Å². The van der Waals surface area contributed by atoms with Crippen LogP contribution in [0.15, 0.2) is 12.4 Å². The van der Waals surface area contributed by atoms with Crippen LogP contribution in [-0.2, 0) is 13.5 Å². The van der Waals surface area contributed by atoms with Gasteiger partial charge in [-0.2, -0.15) is 0 Å². The largest absolute Gasteiger partial charge is 0.338 e. The lowest BCUT2D eigenvalue weighted by Gasteiger charge is -2.30. The molecule has 1 unspecified atom stereocenters. The van der Waals surface area contributed by atoms with Crippen LogP contribution in [-0.4, -0.2) is 15.6 Å². The third-order valence-electron chi connectivity index (χ3n) is 3.24. The second-order valence-electron chi connectivity index (χ2n) is 4.61. The van der Waals surface area contributed by atoms with E-state index in [0.717, 1.165) is 18.7 Å². The average molecular weight is 195 g/mol. The minimum Gasteiger partial charge on any atom is -0.338 e. The Labute approximate surface area is 86.3 Å². The molecule has 0 radical (unpaired) electrons. The van der Waals surface area contributed by atoms with Crippen LogP contribution in [0.5, 0.6) is 0 Å². The van der Waals surface area contributed by atoms with Crippen molar-refractivity contribution >= 4 is 0 Å². The topological polar surface area (TPSA) is 43.8 Å². The van der Waals surface area contributed by atoms with Gasteiger partial charge >= 0.3 is 0 Å². The SMILES string of the molecule is CCC(C)(C)C(N)Cc1nccn1C. The summed E-state index contributed by atoms with van der Waals surface area (Å²) < 4.78 is 2.03. The van der Waals surface area contributed by atoms with Gasteiger partial charge in [0.05, 0.1) is 0 Å². The number of rotatable bonds is 4. The molecule has 0 aliphatic carbocycles.